The Balaban J connectivity index is 2.37. The molecule has 20 heavy (non-hydrogen) atoms. The van der Waals surface area contributed by atoms with Crippen LogP contribution in [-0.4, -0.2) is 30.1 Å². The monoisotopic (exact) mass is 276 g/mol. The van der Waals surface area contributed by atoms with E-state index >= 15 is 0 Å². The number of nitrogens with two attached hydrogens (primary N) is 1. The summed E-state index contributed by atoms with van der Waals surface area (Å²) in [6.07, 6.45) is 3.47. The highest BCUT2D eigenvalue weighted by Crippen LogP contribution is 2.39. The van der Waals surface area contributed by atoms with Crippen LogP contribution in [0, 0.1) is 0 Å². The van der Waals surface area contributed by atoms with Gasteiger partial charge in [-0.15, -0.1) is 0 Å². The first-order valence-electron chi connectivity index (χ1n) is 7.66. The fourth-order valence-electron chi connectivity index (χ4n) is 3.35. The second-order valence-corrected chi connectivity index (χ2v) is 6.40. The minimum absolute atomic E-state index is 0.152. The number of ether oxygens (including phenoxy) is 1. The normalized spacial score (nSPS) is 21.6. The number of nitrogens with zero attached hydrogens (tertiary/aromatic N) is 1. The molecule has 1 aliphatic heterocycles. The summed E-state index contributed by atoms with van der Waals surface area (Å²) in [5.74, 6) is 0.910. The topological polar surface area (TPSA) is 38.5 Å². The number of benzene rings is 1. The van der Waals surface area contributed by atoms with Crippen molar-refractivity contribution in [2.24, 2.45) is 5.73 Å². The van der Waals surface area contributed by atoms with Crippen LogP contribution in [0.5, 0.6) is 5.75 Å². The minimum Gasteiger partial charge on any atom is -0.497 e. The molecule has 2 rings (SSSR count). The summed E-state index contributed by atoms with van der Waals surface area (Å²) in [5, 5.41) is 0. The van der Waals surface area contributed by atoms with E-state index in [0.29, 0.717) is 0 Å². The van der Waals surface area contributed by atoms with Crippen LogP contribution in [0.2, 0.25) is 0 Å². The second kappa shape index (κ2) is 6.15. The van der Waals surface area contributed by atoms with E-state index in [2.05, 4.69) is 43.9 Å². The Labute approximate surface area is 123 Å². The summed E-state index contributed by atoms with van der Waals surface area (Å²) in [5.41, 5.74) is 7.95. The number of likely N-dealkylation sites (tertiary alicyclic amines) is 1. The molecule has 0 aliphatic carbocycles. The zero-order chi connectivity index (χ0) is 14.8. The molecule has 2 N–H and O–H groups in total. The van der Waals surface area contributed by atoms with Crippen molar-refractivity contribution in [3.63, 3.8) is 0 Å². The van der Waals surface area contributed by atoms with E-state index in [-0.39, 0.29) is 17.6 Å². The van der Waals surface area contributed by atoms with Gasteiger partial charge in [0.1, 0.15) is 5.75 Å². The molecule has 0 spiro atoms. The first kappa shape index (κ1) is 15.3. The maximum absolute atomic E-state index is 6.46. The van der Waals surface area contributed by atoms with Crippen molar-refractivity contribution in [1.82, 2.24) is 4.90 Å². The summed E-state index contributed by atoms with van der Waals surface area (Å²) >= 11 is 0. The molecule has 2 unspecified atom stereocenters. The van der Waals surface area contributed by atoms with E-state index < -0.39 is 0 Å². The molecular weight excluding hydrogens is 248 g/mol. The van der Waals surface area contributed by atoms with Gasteiger partial charge in [0.25, 0.3) is 0 Å². The van der Waals surface area contributed by atoms with Gasteiger partial charge in [-0.3, -0.25) is 4.90 Å². The molecule has 0 amide bonds. The Hall–Kier alpha value is -1.06. The largest absolute Gasteiger partial charge is 0.497 e. The molecule has 3 heteroatoms. The van der Waals surface area contributed by atoms with Crippen molar-refractivity contribution >= 4 is 0 Å². The molecule has 0 radical (unpaired) electrons. The van der Waals surface area contributed by atoms with Crippen LogP contribution in [0.1, 0.15) is 51.6 Å². The van der Waals surface area contributed by atoms with E-state index in [1.807, 2.05) is 6.07 Å². The van der Waals surface area contributed by atoms with Crippen LogP contribution in [-0.2, 0) is 0 Å². The molecule has 0 bridgehead atoms. The molecule has 1 fully saturated rings. The molecular formula is C17H28N2O. The van der Waals surface area contributed by atoms with Gasteiger partial charge >= 0.3 is 0 Å². The van der Waals surface area contributed by atoms with Crippen LogP contribution in [0.25, 0.3) is 0 Å². The lowest BCUT2D eigenvalue weighted by atomic mass is 9.92. The zero-order valence-electron chi connectivity index (χ0n) is 13.2. The second-order valence-electron chi connectivity index (χ2n) is 6.40. The van der Waals surface area contributed by atoms with E-state index in [0.717, 1.165) is 18.7 Å². The fraction of sp³-hybridized carbons (Fsp3) is 0.647. The highest BCUT2D eigenvalue weighted by molar-refractivity contribution is 5.32. The van der Waals surface area contributed by atoms with E-state index in [4.69, 9.17) is 10.5 Å². The summed E-state index contributed by atoms with van der Waals surface area (Å²) in [4.78, 5) is 2.58. The van der Waals surface area contributed by atoms with Crippen LogP contribution in [0.15, 0.2) is 24.3 Å². The van der Waals surface area contributed by atoms with Gasteiger partial charge in [-0.05, 0) is 57.4 Å². The fourth-order valence-corrected chi connectivity index (χ4v) is 3.35. The standard InChI is InChI=1S/C17H28N2O/c1-5-15(18)16(19-11-7-10-17(19,2)3)13-8-6-9-14(12-13)20-4/h6,8-9,12,15-16H,5,7,10-11,18H2,1-4H3. The first-order valence-corrected chi connectivity index (χ1v) is 7.66. The van der Waals surface area contributed by atoms with Gasteiger partial charge < -0.3 is 10.5 Å². The molecule has 112 valence electrons. The highest BCUT2D eigenvalue weighted by Gasteiger charge is 2.39. The summed E-state index contributed by atoms with van der Waals surface area (Å²) in [6.45, 7) is 7.95. The predicted molar refractivity (Wildman–Crippen MR) is 84.0 cm³/mol. The number of hydrogen-bond donors (Lipinski definition) is 1. The lowest BCUT2D eigenvalue weighted by molar-refractivity contribution is 0.0963. The molecule has 2 atom stereocenters. The first-order chi connectivity index (χ1) is 9.49. The van der Waals surface area contributed by atoms with Crippen molar-refractivity contribution in [1.29, 1.82) is 0 Å². The van der Waals surface area contributed by atoms with Gasteiger partial charge in [-0.1, -0.05) is 19.1 Å². The number of rotatable bonds is 5. The van der Waals surface area contributed by atoms with E-state index in [9.17, 15) is 0 Å². The third-order valence-corrected chi connectivity index (χ3v) is 4.61. The SMILES string of the molecule is CCC(N)C(c1cccc(OC)c1)N1CCCC1(C)C. The summed E-state index contributed by atoms with van der Waals surface area (Å²) in [7, 11) is 1.72. The van der Waals surface area contributed by atoms with E-state index in [1.165, 1.54) is 18.4 Å². The van der Waals surface area contributed by atoms with Gasteiger partial charge in [-0.25, -0.2) is 0 Å². The third-order valence-electron chi connectivity index (χ3n) is 4.61. The van der Waals surface area contributed by atoms with Crippen LogP contribution in [0.3, 0.4) is 0 Å². The molecule has 0 saturated carbocycles. The van der Waals surface area contributed by atoms with Crippen LogP contribution >= 0.6 is 0 Å². The Bertz CT molecular complexity index is 444. The average molecular weight is 276 g/mol. The maximum Gasteiger partial charge on any atom is 0.119 e. The number of methoxy groups -OCH3 is 1. The zero-order valence-corrected chi connectivity index (χ0v) is 13.2. The quantitative estimate of drug-likeness (QED) is 0.896. The molecule has 1 aliphatic rings. The van der Waals surface area contributed by atoms with Crippen molar-refractivity contribution in [3.8, 4) is 5.75 Å². The van der Waals surface area contributed by atoms with Gasteiger partial charge in [0.15, 0.2) is 0 Å². The minimum atomic E-state index is 0.152. The smallest absolute Gasteiger partial charge is 0.119 e. The van der Waals surface area contributed by atoms with E-state index in [1.54, 1.807) is 7.11 Å². The Morgan fingerprint density at radius 1 is 1.40 bits per heavy atom. The predicted octanol–water partition coefficient (Wildman–Crippen LogP) is 3.35. The van der Waals surface area contributed by atoms with Gasteiger partial charge in [-0.2, -0.15) is 0 Å². The molecule has 1 heterocycles. The molecule has 1 aromatic rings. The lowest BCUT2D eigenvalue weighted by Crippen LogP contribution is -2.47. The Kier molecular flexibility index (Phi) is 4.71. The Morgan fingerprint density at radius 3 is 2.70 bits per heavy atom. The molecule has 1 saturated heterocycles. The van der Waals surface area contributed by atoms with Gasteiger partial charge in [0.2, 0.25) is 0 Å². The lowest BCUT2D eigenvalue weighted by Gasteiger charge is -2.41. The van der Waals surface area contributed by atoms with Crippen molar-refractivity contribution in [3.05, 3.63) is 29.8 Å². The Morgan fingerprint density at radius 2 is 2.15 bits per heavy atom. The summed E-state index contributed by atoms with van der Waals surface area (Å²) < 4.78 is 5.37. The van der Waals surface area contributed by atoms with Crippen molar-refractivity contribution < 1.29 is 4.74 Å². The van der Waals surface area contributed by atoms with Gasteiger partial charge in [0.05, 0.1) is 13.2 Å². The molecule has 3 nitrogen and oxygen atoms in total. The number of hydrogen-bond acceptors (Lipinski definition) is 3. The van der Waals surface area contributed by atoms with Crippen molar-refractivity contribution in [2.45, 2.75) is 57.7 Å². The highest BCUT2D eigenvalue weighted by atomic mass is 16.5. The molecule has 0 aromatic heterocycles. The molecule has 1 aromatic carbocycles. The van der Waals surface area contributed by atoms with Crippen LogP contribution in [0.4, 0.5) is 0 Å². The van der Waals surface area contributed by atoms with Crippen LogP contribution < -0.4 is 10.5 Å². The third kappa shape index (κ3) is 2.99. The van der Waals surface area contributed by atoms with Gasteiger partial charge in [0, 0.05) is 11.6 Å². The van der Waals surface area contributed by atoms with Crippen molar-refractivity contribution in [2.75, 3.05) is 13.7 Å². The summed E-state index contributed by atoms with van der Waals surface area (Å²) in [6, 6.07) is 8.79. The maximum atomic E-state index is 6.46. The average Bonchev–Trinajstić information content (AvgIpc) is 2.79.